The van der Waals surface area contributed by atoms with Crippen LogP contribution in [0.1, 0.15) is 58.8 Å². The van der Waals surface area contributed by atoms with Crippen molar-refractivity contribution < 1.29 is 13.2 Å². The highest BCUT2D eigenvalue weighted by molar-refractivity contribution is 7.89. The van der Waals surface area contributed by atoms with Crippen LogP contribution in [0.3, 0.4) is 0 Å². The molecule has 27 heavy (non-hydrogen) atoms. The van der Waals surface area contributed by atoms with Crippen LogP contribution in [0.25, 0.3) is 0 Å². The fourth-order valence-electron chi connectivity index (χ4n) is 3.45. The first-order valence-electron chi connectivity index (χ1n) is 9.37. The van der Waals surface area contributed by atoms with Crippen LogP contribution in [-0.4, -0.2) is 37.3 Å². The summed E-state index contributed by atoms with van der Waals surface area (Å²) in [4.78, 5) is 12.6. The largest absolute Gasteiger partial charge is 0.324 e. The van der Waals surface area contributed by atoms with Gasteiger partial charge in [0, 0.05) is 18.8 Å². The molecule has 1 fully saturated rings. The van der Waals surface area contributed by atoms with E-state index in [0.717, 1.165) is 32.1 Å². The quantitative estimate of drug-likeness (QED) is 0.709. The van der Waals surface area contributed by atoms with Crippen LogP contribution < -0.4 is 11.1 Å². The van der Waals surface area contributed by atoms with Gasteiger partial charge in [0.05, 0.1) is 10.4 Å². The Kier molecular flexibility index (Phi) is 8.73. The molecular weight excluding hydrogens is 386 g/mol. The van der Waals surface area contributed by atoms with Gasteiger partial charge in [-0.3, -0.25) is 4.79 Å². The molecule has 2 rings (SSSR count). The molecule has 0 heterocycles. The third-order valence-electron chi connectivity index (χ3n) is 5.15. The van der Waals surface area contributed by atoms with Crippen LogP contribution in [-0.2, 0) is 14.8 Å². The van der Waals surface area contributed by atoms with Gasteiger partial charge in [0.25, 0.3) is 0 Å². The lowest BCUT2D eigenvalue weighted by Gasteiger charge is -2.30. The summed E-state index contributed by atoms with van der Waals surface area (Å²) in [5.41, 5.74) is 5.51. The van der Waals surface area contributed by atoms with E-state index in [1.165, 1.54) is 16.8 Å². The summed E-state index contributed by atoms with van der Waals surface area (Å²) in [6.45, 7) is 3.65. The van der Waals surface area contributed by atoms with Crippen LogP contribution in [0.15, 0.2) is 29.2 Å². The number of hydrogen-bond donors (Lipinski definition) is 2. The summed E-state index contributed by atoms with van der Waals surface area (Å²) in [5.74, 6) is -0.311. The highest BCUT2D eigenvalue weighted by Gasteiger charge is 2.30. The van der Waals surface area contributed by atoms with Gasteiger partial charge in [0.2, 0.25) is 15.9 Å². The van der Waals surface area contributed by atoms with Crippen LogP contribution in [0.5, 0.6) is 0 Å². The molecule has 1 atom stereocenters. The van der Waals surface area contributed by atoms with Crippen LogP contribution in [0.2, 0.25) is 0 Å². The van der Waals surface area contributed by atoms with Crippen molar-refractivity contribution in [3.63, 3.8) is 0 Å². The summed E-state index contributed by atoms with van der Waals surface area (Å²) < 4.78 is 27.4. The second-order valence-corrected chi connectivity index (χ2v) is 9.46. The van der Waals surface area contributed by atoms with Crippen molar-refractivity contribution in [1.82, 2.24) is 4.31 Å². The molecule has 1 aliphatic rings. The number of sulfonamides is 1. The van der Waals surface area contributed by atoms with E-state index in [0.29, 0.717) is 12.1 Å². The molecule has 0 radical (unpaired) electrons. The molecule has 0 aliphatic heterocycles. The van der Waals surface area contributed by atoms with Crippen molar-refractivity contribution in [3.8, 4) is 0 Å². The maximum absolute atomic E-state index is 13.0. The standard InChI is InChI=1S/C19H31N3O3S.ClH/c1-4-13-19(2,20)18(23)21-15-9-8-12-17(14-15)26(24,25)22(3)16-10-6-5-7-11-16;/h8-9,12,14,16H,4-7,10-11,13,20H2,1-3H3,(H,21,23);1H. The second kappa shape index (κ2) is 9.87. The third kappa shape index (κ3) is 5.91. The Morgan fingerprint density at radius 2 is 1.93 bits per heavy atom. The first kappa shape index (κ1) is 23.9. The van der Waals surface area contributed by atoms with E-state index in [9.17, 15) is 13.2 Å². The maximum Gasteiger partial charge on any atom is 0.244 e. The van der Waals surface area contributed by atoms with E-state index in [4.69, 9.17) is 5.73 Å². The molecule has 1 unspecified atom stereocenters. The van der Waals surface area contributed by atoms with Crippen molar-refractivity contribution in [3.05, 3.63) is 24.3 Å². The van der Waals surface area contributed by atoms with Gasteiger partial charge in [-0.15, -0.1) is 12.4 Å². The number of hydrogen-bond acceptors (Lipinski definition) is 4. The summed E-state index contributed by atoms with van der Waals surface area (Å²) in [5, 5.41) is 2.75. The number of nitrogens with one attached hydrogen (secondary N) is 1. The minimum atomic E-state index is -3.59. The molecule has 1 aliphatic carbocycles. The van der Waals surface area contributed by atoms with Gasteiger partial charge in [-0.25, -0.2) is 8.42 Å². The predicted molar refractivity (Wildman–Crippen MR) is 112 cm³/mol. The number of carbonyl (C=O) groups excluding carboxylic acids is 1. The first-order valence-corrected chi connectivity index (χ1v) is 10.8. The van der Waals surface area contributed by atoms with Crippen LogP contribution in [0, 0.1) is 0 Å². The molecule has 3 N–H and O–H groups in total. The Morgan fingerprint density at radius 3 is 2.52 bits per heavy atom. The molecule has 6 nitrogen and oxygen atoms in total. The van der Waals surface area contributed by atoms with Crippen molar-refractivity contribution in [1.29, 1.82) is 0 Å². The Bertz CT molecular complexity index is 731. The van der Waals surface area contributed by atoms with Gasteiger partial charge in [-0.2, -0.15) is 4.31 Å². The van der Waals surface area contributed by atoms with Crippen molar-refractivity contribution in [2.24, 2.45) is 5.73 Å². The zero-order valence-corrected chi connectivity index (χ0v) is 18.0. The van der Waals surface area contributed by atoms with Gasteiger partial charge in [0.1, 0.15) is 0 Å². The average molecular weight is 418 g/mol. The number of anilines is 1. The molecule has 0 aromatic heterocycles. The molecular formula is C19H32ClN3O3S. The molecule has 8 heteroatoms. The minimum absolute atomic E-state index is 0. The second-order valence-electron chi connectivity index (χ2n) is 7.46. The number of amides is 1. The minimum Gasteiger partial charge on any atom is -0.324 e. The molecule has 1 amide bonds. The Hall–Kier alpha value is -1.15. The predicted octanol–water partition coefficient (Wildman–Crippen LogP) is 3.52. The molecule has 0 saturated heterocycles. The SMILES string of the molecule is CCCC(C)(N)C(=O)Nc1cccc(S(=O)(=O)N(C)C2CCCCC2)c1.Cl. The Balaban J connectivity index is 0.00000364. The first-order chi connectivity index (χ1) is 12.2. The zero-order valence-electron chi connectivity index (χ0n) is 16.4. The normalized spacial score (nSPS) is 17.8. The maximum atomic E-state index is 13.0. The molecule has 0 bridgehead atoms. The van der Waals surface area contributed by atoms with Crippen molar-refractivity contribution >= 4 is 34.0 Å². The van der Waals surface area contributed by atoms with E-state index < -0.39 is 15.6 Å². The topological polar surface area (TPSA) is 92.5 Å². The summed E-state index contributed by atoms with van der Waals surface area (Å²) in [6.07, 6.45) is 6.44. The molecule has 1 aromatic rings. The lowest BCUT2D eigenvalue weighted by Crippen LogP contribution is -2.48. The number of nitrogens with zero attached hydrogens (tertiary/aromatic N) is 1. The molecule has 0 spiro atoms. The smallest absolute Gasteiger partial charge is 0.244 e. The van der Waals surface area contributed by atoms with Gasteiger partial charge in [0.15, 0.2) is 0 Å². The third-order valence-corrected chi connectivity index (χ3v) is 7.05. The van der Waals surface area contributed by atoms with E-state index in [2.05, 4.69) is 5.32 Å². The van der Waals surface area contributed by atoms with E-state index in [-0.39, 0.29) is 29.3 Å². The molecule has 154 valence electrons. The van der Waals surface area contributed by atoms with Crippen molar-refractivity contribution in [2.45, 2.75) is 75.3 Å². The lowest BCUT2D eigenvalue weighted by atomic mass is 9.96. The molecule has 1 aromatic carbocycles. The fourth-order valence-corrected chi connectivity index (χ4v) is 4.91. The highest BCUT2D eigenvalue weighted by atomic mass is 35.5. The summed E-state index contributed by atoms with van der Waals surface area (Å²) >= 11 is 0. The number of nitrogens with two attached hydrogens (primary N) is 1. The molecule has 1 saturated carbocycles. The van der Waals surface area contributed by atoms with Crippen molar-refractivity contribution in [2.75, 3.05) is 12.4 Å². The number of carbonyl (C=O) groups is 1. The Morgan fingerprint density at radius 1 is 1.30 bits per heavy atom. The van der Waals surface area contributed by atoms with E-state index in [1.54, 1.807) is 32.2 Å². The van der Waals surface area contributed by atoms with Crippen LogP contribution >= 0.6 is 12.4 Å². The van der Waals surface area contributed by atoms with Crippen LogP contribution in [0.4, 0.5) is 5.69 Å². The average Bonchev–Trinajstić information content (AvgIpc) is 2.62. The summed E-state index contributed by atoms with van der Waals surface area (Å²) in [7, 11) is -1.94. The summed E-state index contributed by atoms with van der Waals surface area (Å²) in [6, 6.07) is 6.45. The lowest BCUT2D eigenvalue weighted by molar-refractivity contribution is -0.120. The highest BCUT2D eigenvalue weighted by Crippen LogP contribution is 2.27. The van der Waals surface area contributed by atoms with Gasteiger partial charge in [-0.1, -0.05) is 38.7 Å². The van der Waals surface area contributed by atoms with Gasteiger partial charge >= 0.3 is 0 Å². The van der Waals surface area contributed by atoms with Gasteiger partial charge in [-0.05, 0) is 44.4 Å². The Labute approximate surface area is 169 Å². The monoisotopic (exact) mass is 417 g/mol. The van der Waals surface area contributed by atoms with Gasteiger partial charge < -0.3 is 11.1 Å². The zero-order chi connectivity index (χ0) is 19.4. The fraction of sp³-hybridized carbons (Fsp3) is 0.632. The number of rotatable bonds is 7. The van der Waals surface area contributed by atoms with E-state index in [1.807, 2.05) is 6.92 Å². The van der Waals surface area contributed by atoms with E-state index >= 15 is 0 Å². The number of benzene rings is 1. The number of halogens is 1.